The van der Waals surface area contributed by atoms with Crippen LogP contribution >= 0.6 is 8.19 Å². The third-order valence-electron chi connectivity index (χ3n) is 3.27. The van der Waals surface area contributed by atoms with Crippen LogP contribution < -0.4 is 0 Å². The Labute approximate surface area is 171 Å². The normalized spacial score (nSPS) is 8.69. The van der Waals surface area contributed by atoms with Crippen LogP contribution in [0.25, 0.3) is 10.9 Å². The summed E-state index contributed by atoms with van der Waals surface area (Å²) >= 11 is 0. The van der Waals surface area contributed by atoms with Crippen LogP contribution in [0.3, 0.4) is 0 Å². The lowest BCUT2D eigenvalue weighted by Crippen LogP contribution is -1.61. The van der Waals surface area contributed by atoms with Crippen molar-refractivity contribution in [1.82, 2.24) is 30.1 Å². The lowest BCUT2D eigenvalue weighted by atomic mass is 10.3. The molecule has 0 spiro atoms. The first kappa shape index (κ1) is 21.5. The van der Waals surface area contributed by atoms with E-state index in [1.807, 2.05) is 48.9 Å². The molecule has 1 aromatic carbocycles. The van der Waals surface area contributed by atoms with E-state index < -0.39 is 0 Å². The predicted molar refractivity (Wildman–Crippen MR) is 122 cm³/mol. The Morgan fingerprint density at radius 3 is 1.90 bits per heavy atom. The number of benzene rings is 1. The van der Waals surface area contributed by atoms with Crippen molar-refractivity contribution in [2.45, 2.75) is 0 Å². The van der Waals surface area contributed by atoms with Crippen molar-refractivity contribution in [2.24, 2.45) is 0 Å². The monoisotopic (exact) mass is 404 g/mol. The lowest BCUT2D eigenvalue weighted by molar-refractivity contribution is 1.09. The summed E-state index contributed by atoms with van der Waals surface area (Å²) in [5.41, 5.74) is 1.21. The fourth-order valence-electron chi connectivity index (χ4n) is 1.98. The third kappa shape index (κ3) is 10.9. The molecule has 5 heterocycles. The summed E-state index contributed by atoms with van der Waals surface area (Å²) in [4.78, 5) is 12.4. The molecule has 0 atom stereocenters. The fourth-order valence-corrected chi connectivity index (χ4v) is 2.54. The molecule has 0 aliphatic heterocycles. The van der Waals surface area contributed by atoms with E-state index in [0.29, 0.717) is 0 Å². The van der Waals surface area contributed by atoms with Crippen LogP contribution in [0.2, 0.25) is 0 Å². The van der Waals surface area contributed by atoms with Gasteiger partial charge in [-0.05, 0) is 47.3 Å². The second-order valence-electron chi connectivity index (χ2n) is 5.36. The summed E-state index contributed by atoms with van der Waals surface area (Å²) in [6, 6.07) is 20.1. The zero-order chi connectivity index (χ0) is 20.2. The predicted octanol–water partition coefficient (Wildman–Crippen LogP) is 5.72. The molecule has 0 aliphatic rings. The number of aromatic nitrogens is 6. The largest absolute Gasteiger partial charge is 0.368 e. The highest BCUT2D eigenvalue weighted by Gasteiger charge is 1.86. The SMILES string of the molecule is c1c[nH]cn1.c1cc[nH]c1.c1cc[pH]c1.c1ccc2[nH]ccc2c1.c1cn[nH]c1. The van der Waals surface area contributed by atoms with E-state index in [0.717, 1.165) is 8.19 Å². The van der Waals surface area contributed by atoms with Crippen molar-refractivity contribution < 1.29 is 0 Å². The van der Waals surface area contributed by atoms with E-state index in [2.05, 4.69) is 72.1 Å². The Morgan fingerprint density at radius 1 is 0.655 bits per heavy atom. The molecule has 7 heteroatoms. The smallest absolute Gasteiger partial charge is 0.0919 e. The number of hydrogen-bond donors (Lipinski definition) is 4. The van der Waals surface area contributed by atoms with Crippen LogP contribution in [-0.2, 0) is 0 Å². The zero-order valence-corrected chi connectivity index (χ0v) is 16.9. The molecular weight excluding hydrogens is 379 g/mol. The van der Waals surface area contributed by atoms with Crippen molar-refractivity contribution in [2.75, 3.05) is 0 Å². The van der Waals surface area contributed by atoms with Crippen LogP contribution in [0.5, 0.6) is 0 Å². The number of aromatic amines is 4. The maximum Gasteiger partial charge on any atom is 0.0919 e. The minimum absolute atomic E-state index is 0.948. The minimum atomic E-state index is 0.948. The zero-order valence-electron chi connectivity index (χ0n) is 15.9. The molecule has 4 N–H and O–H groups in total. The number of H-pyrrole nitrogens is 4. The molecule has 29 heavy (non-hydrogen) atoms. The molecule has 6 aromatic rings. The third-order valence-corrected chi connectivity index (χ3v) is 4.04. The Hall–Kier alpha value is -3.76. The van der Waals surface area contributed by atoms with Crippen molar-refractivity contribution in [3.8, 4) is 0 Å². The standard InChI is InChI=1S/C8H7N.C4H5N.C4H5P.2C3H4N2/c1-2-4-8-7(3-1)5-6-9-8;2*1-2-4-5-3-1;1-2-5-3-4-1;1-2-4-5-3-1/h1-6,9H;2*1-5H;2*1-3H,(H,4,5). The van der Waals surface area contributed by atoms with Crippen LogP contribution in [0.1, 0.15) is 0 Å². The highest BCUT2D eigenvalue weighted by atomic mass is 31.0. The van der Waals surface area contributed by atoms with Gasteiger partial charge in [-0.2, -0.15) is 5.10 Å². The van der Waals surface area contributed by atoms with E-state index in [1.165, 1.54) is 10.9 Å². The van der Waals surface area contributed by atoms with Gasteiger partial charge in [0.25, 0.3) is 0 Å². The van der Waals surface area contributed by atoms with Gasteiger partial charge in [0, 0.05) is 48.9 Å². The molecule has 0 bridgehead atoms. The number of nitrogens with one attached hydrogen (secondary N) is 4. The first-order valence-electron chi connectivity index (χ1n) is 9.01. The molecule has 5 aromatic heterocycles. The van der Waals surface area contributed by atoms with Crippen LogP contribution in [0.15, 0.2) is 122 Å². The van der Waals surface area contributed by atoms with Crippen molar-refractivity contribution in [1.29, 1.82) is 0 Å². The quantitative estimate of drug-likeness (QED) is 0.261. The highest BCUT2D eigenvalue weighted by molar-refractivity contribution is 7.28. The Kier molecular flexibility index (Phi) is 11.4. The van der Waals surface area contributed by atoms with Gasteiger partial charge >= 0.3 is 0 Å². The summed E-state index contributed by atoms with van der Waals surface area (Å²) in [6.07, 6.45) is 14.2. The molecule has 0 saturated heterocycles. The van der Waals surface area contributed by atoms with E-state index in [-0.39, 0.29) is 0 Å². The molecule has 0 unspecified atom stereocenters. The number of imidazole rings is 1. The first-order chi connectivity index (χ1) is 14.5. The maximum atomic E-state index is 3.67. The average Bonchev–Trinajstić information content (AvgIpc) is 3.65. The van der Waals surface area contributed by atoms with E-state index >= 15 is 0 Å². The summed E-state index contributed by atoms with van der Waals surface area (Å²) < 4.78 is 0. The van der Waals surface area contributed by atoms with Crippen molar-refractivity contribution in [3.63, 3.8) is 0 Å². The topological polar surface area (TPSA) is 88.9 Å². The number of rotatable bonds is 0. The minimum Gasteiger partial charge on any atom is -0.368 e. The molecule has 0 radical (unpaired) electrons. The van der Waals surface area contributed by atoms with Crippen molar-refractivity contribution in [3.05, 3.63) is 122 Å². The van der Waals surface area contributed by atoms with Crippen LogP contribution in [-0.4, -0.2) is 30.1 Å². The van der Waals surface area contributed by atoms with Gasteiger partial charge in [0.05, 0.1) is 6.33 Å². The summed E-state index contributed by atoms with van der Waals surface area (Å²) in [5.74, 6) is 4.31. The van der Waals surface area contributed by atoms with Gasteiger partial charge in [-0.1, -0.05) is 30.3 Å². The highest BCUT2D eigenvalue weighted by Crippen LogP contribution is 2.09. The number of hydrogen-bond acceptors (Lipinski definition) is 2. The van der Waals surface area contributed by atoms with Crippen LogP contribution in [0.4, 0.5) is 0 Å². The maximum absolute atomic E-state index is 3.67. The molecule has 0 saturated carbocycles. The molecule has 6 rings (SSSR count). The molecule has 0 fully saturated rings. The van der Waals surface area contributed by atoms with Gasteiger partial charge in [-0.15, -0.1) is 8.19 Å². The Bertz CT molecular complexity index is 797. The summed E-state index contributed by atoms with van der Waals surface area (Å²) in [7, 11) is 0.948. The second kappa shape index (κ2) is 15.3. The van der Waals surface area contributed by atoms with Gasteiger partial charge in [0.1, 0.15) is 0 Å². The van der Waals surface area contributed by atoms with Gasteiger partial charge in [0.15, 0.2) is 0 Å². The van der Waals surface area contributed by atoms with E-state index in [9.17, 15) is 0 Å². The van der Waals surface area contributed by atoms with Gasteiger partial charge in [-0.3, -0.25) is 5.10 Å². The Morgan fingerprint density at radius 2 is 1.48 bits per heavy atom. The molecule has 6 nitrogen and oxygen atoms in total. The van der Waals surface area contributed by atoms with E-state index in [4.69, 9.17) is 0 Å². The van der Waals surface area contributed by atoms with Gasteiger partial charge in [-0.25, -0.2) is 4.98 Å². The number of fused-ring (bicyclic) bond motifs is 1. The number of nitrogens with zero attached hydrogens (tertiary/aromatic N) is 2. The average molecular weight is 404 g/mol. The molecule has 0 amide bonds. The van der Waals surface area contributed by atoms with Gasteiger partial charge < -0.3 is 15.0 Å². The second-order valence-corrected chi connectivity index (χ2v) is 6.36. The van der Waals surface area contributed by atoms with Gasteiger partial charge in [0.2, 0.25) is 0 Å². The molecule has 0 aliphatic carbocycles. The fraction of sp³-hybridized carbons (Fsp3) is 0. The van der Waals surface area contributed by atoms with E-state index in [1.54, 1.807) is 31.1 Å². The summed E-state index contributed by atoms with van der Waals surface area (Å²) in [5, 5.41) is 7.48. The lowest BCUT2D eigenvalue weighted by Gasteiger charge is -1.83. The number of para-hydroxylation sites is 1. The molecule has 148 valence electrons. The Balaban J connectivity index is 0.000000133. The first-order valence-corrected chi connectivity index (χ1v) is 10.2. The van der Waals surface area contributed by atoms with Crippen LogP contribution in [0, 0.1) is 0 Å². The summed E-state index contributed by atoms with van der Waals surface area (Å²) in [6.45, 7) is 0. The molecular formula is C22H25N6P. The van der Waals surface area contributed by atoms with Crippen molar-refractivity contribution >= 4 is 19.1 Å².